The highest BCUT2D eigenvalue weighted by molar-refractivity contribution is 7.89. The van der Waals surface area contributed by atoms with E-state index in [1.54, 1.807) is 29.5 Å². The van der Waals surface area contributed by atoms with Crippen LogP contribution in [0.15, 0.2) is 53.4 Å². The number of aromatic nitrogens is 4. The highest BCUT2D eigenvalue weighted by Gasteiger charge is 2.27. The van der Waals surface area contributed by atoms with Gasteiger partial charge in [-0.2, -0.15) is 4.68 Å². The standard InChI is InChI=1S/C21H25N7O3S/c1-3-22-32(30,31)18-10-9-16(2)19(15-18)20(29)26-11-13-27(14-12-26)21-23-24-25-28(21)17-7-5-4-6-8-17/h4-10,15,22H,3,11-14H2,1-2H3. The zero-order valence-electron chi connectivity index (χ0n) is 18.0. The first-order valence-corrected chi connectivity index (χ1v) is 11.9. The van der Waals surface area contributed by atoms with Crippen LogP contribution in [0.1, 0.15) is 22.8 Å². The lowest BCUT2D eigenvalue weighted by Crippen LogP contribution is -2.49. The second-order valence-corrected chi connectivity index (χ2v) is 9.25. The zero-order chi connectivity index (χ0) is 22.7. The molecule has 0 bridgehead atoms. The van der Waals surface area contributed by atoms with Crippen LogP contribution in [0.2, 0.25) is 0 Å². The molecule has 0 spiro atoms. The predicted octanol–water partition coefficient (Wildman–Crippen LogP) is 1.23. The van der Waals surface area contributed by atoms with E-state index in [-0.39, 0.29) is 17.3 Å². The number of rotatable bonds is 6. The Morgan fingerprint density at radius 3 is 2.47 bits per heavy atom. The smallest absolute Gasteiger partial charge is 0.254 e. The highest BCUT2D eigenvalue weighted by Crippen LogP contribution is 2.21. The van der Waals surface area contributed by atoms with Gasteiger partial charge in [-0.25, -0.2) is 13.1 Å². The number of amides is 1. The van der Waals surface area contributed by atoms with Gasteiger partial charge < -0.3 is 9.80 Å². The number of carbonyl (C=O) groups is 1. The summed E-state index contributed by atoms with van der Waals surface area (Å²) < 4.78 is 28.8. The van der Waals surface area contributed by atoms with Crippen molar-refractivity contribution in [1.82, 2.24) is 29.8 Å². The van der Waals surface area contributed by atoms with Gasteiger partial charge in [0.15, 0.2) is 0 Å². The van der Waals surface area contributed by atoms with Crippen LogP contribution in [0.3, 0.4) is 0 Å². The monoisotopic (exact) mass is 455 g/mol. The maximum Gasteiger partial charge on any atom is 0.254 e. The molecule has 1 fully saturated rings. The van der Waals surface area contributed by atoms with Gasteiger partial charge in [0.05, 0.1) is 10.6 Å². The van der Waals surface area contributed by atoms with Gasteiger partial charge in [-0.3, -0.25) is 4.79 Å². The van der Waals surface area contributed by atoms with Gasteiger partial charge >= 0.3 is 0 Å². The van der Waals surface area contributed by atoms with Crippen LogP contribution in [0.25, 0.3) is 5.69 Å². The van der Waals surface area contributed by atoms with Crippen LogP contribution in [0, 0.1) is 6.92 Å². The molecule has 2 heterocycles. The van der Waals surface area contributed by atoms with E-state index >= 15 is 0 Å². The van der Waals surface area contributed by atoms with Crippen molar-refractivity contribution in [2.45, 2.75) is 18.7 Å². The Bertz CT molecular complexity index is 1200. The molecule has 1 amide bonds. The zero-order valence-corrected chi connectivity index (χ0v) is 18.8. The van der Waals surface area contributed by atoms with Crippen molar-refractivity contribution < 1.29 is 13.2 Å². The third-order valence-corrected chi connectivity index (χ3v) is 6.93. The number of carbonyl (C=O) groups excluding carboxylic acids is 1. The fourth-order valence-electron chi connectivity index (χ4n) is 3.67. The van der Waals surface area contributed by atoms with Crippen molar-refractivity contribution in [2.24, 2.45) is 0 Å². The summed E-state index contributed by atoms with van der Waals surface area (Å²) in [5.74, 6) is 0.441. The van der Waals surface area contributed by atoms with Gasteiger partial charge in [-0.05, 0) is 47.2 Å². The number of hydrogen-bond acceptors (Lipinski definition) is 7. The molecule has 10 nitrogen and oxygen atoms in total. The number of benzene rings is 2. The number of piperazine rings is 1. The van der Waals surface area contributed by atoms with Crippen molar-refractivity contribution >= 4 is 21.9 Å². The van der Waals surface area contributed by atoms with Gasteiger partial charge in [-0.15, -0.1) is 0 Å². The maximum atomic E-state index is 13.2. The number of anilines is 1. The Morgan fingerprint density at radius 2 is 1.78 bits per heavy atom. The van der Waals surface area contributed by atoms with Gasteiger partial charge in [0.25, 0.3) is 5.91 Å². The fraction of sp³-hybridized carbons (Fsp3) is 0.333. The van der Waals surface area contributed by atoms with E-state index in [0.29, 0.717) is 37.7 Å². The topological polar surface area (TPSA) is 113 Å². The molecular formula is C21H25N7O3S. The van der Waals surface area contributed by atoms with E-state index < -0.39 is 10.0 Å². The third kappa shape index (κ3) is 4.34. The molecule has 1 aromatic heterocycles. The van der Waals surface area contributed by atoms with E-state index in [2.05, 4.69) is 20.2 Å². The van der Waals surface area contributed by atoms with Crippen LogP contribution >= 0.6 is 0 Å². The minimum Gasteiger partial charge on any atom is -0.336 e. The van der Waals surface area contributed by atoms with Gasteiger partial charge in [-0.1, -0.05) is 36.3 Å². The number of tetrazole rings is 1. The molecular weight excluding hydrogens is 430 g/mol. The highest BCUT2D eigenvalue weighted by atomic mass is 32.2. The van der Waals surface area contributed by atoms with Crippen molar-refractivity contribution in [3.8, 4) is 5.69 Å². The Morgan fingerprint density at radius 1 is 1.06 bits per heavy atom. The van der Waals surface area contributed by atoms with Gasteiger partial charge in [0, 0.05) is 38.3 Å². The normalized spacial score (nSPS) is 14.6. The van der Waals surface area contributed by atoms with Gasteiger partial charge in [0.2, 0.25) is 16.0 Å². The lowest BCUT2D eigenvalue weighted by atomic mass is 10.1. The Kier molecular flexibility index (Phi) is 6.19. The molecule has 0 unspecified atom stereocenters. The summed E-state index contributed by atoms with van der Waals surface area (Å²) in [5.41, 5.74) is 1.99. The lowest BCUT2D eigenvalue weighted by molar-refractivity contribution is 0.0745. The molecule has 1 saturated heterocycles. The average molecular weight is 456 g/mol. The average Bonchev–Trinajstić information content (AvgIpc) is 3.29. The lowest BCUT2D eigenvalue weighted by Gasteiger charge is -2.35. The van der Waals surface area contributed by atoms with Crippen molar-refractivity contribution in [3.63, 3.8) is 0 Å². The van der Waals surface area contributed by atoms with Crippen molar-refractivity contribution in [3.05, 3.63) is 59.7 Å². The molecule has 168 valence electrons. The third-order valence-electron chi connectivity index (χ3n) is 5.39. The Labute approximate surface area is 186 Å². The molecule has 11 heteroatoms. The van der Waals surface area contributed by atoms with Crippen molar-refractivity contribution in [2.75, 3.05) is 37.6 Å². The Hall–Kier alpha value is -3.31. The second kappa shape index (κ2) is 9.05. The molecule has 1 N–H and O–H groups in total. The fourth-order valence-corrected chi connectivity index (χ4v) is 4.73. The van der Waals surface area contributed by atoms with E-state index in [1.165, 1.54) is 12.1 Å². The summed E-state index contributed by atoms with van der Waals surface area (Å²) in [5, 5.41) is 12.1. The molecule has 3 aromatic rings. The minimum absolute atomic E-state index is 0.0916. The summed E-state index contributed by atoms with van der Waals surface area (Å²) >= 11 is 0. The van der Waals surface area contributed by atoms with E-state index in [0.717, 1.165) is 11.3 Å². The van der Waals surface area contributed by atoms with E-state index in [1.807, 2.05) is 35.2 Å². The molecule has 0 atom stereocenters. The molecule has 0 radical (unpaired) electrons. The summed E-state index contributed by atoms with van der Waals surface area (Å²) in [6, 6.07) is 14.3. The molecule has 2 aromatic carbocycles. The number of nitrogens with one attached hydrogen (secondary N) is 1. The number of aryl methyl sites for hydroxylation is 1. The molecule has 32 heavy (non-hydrogen) atoms. The van der Waals surface area contributed by atoms with Gasteiger partial charge in [0.1, 0.15) is 0 Å². The first-order chi connectivity index (χ1) is 15.4. The summed E-state index contributed by atoms with van der Waals surface area (Å²) in [4.78, 5) is 17.1. The first kappa shape index (κ1) is 21.9. The van der Waals surface area contributed by atoms with Crippen molar-refractivity contribution in [1.29, 1.82) is 0 Å². The minimum atomic E-state index is -3.64. The molecule has 1 aliphatic heterocycles. The summed E-state index contributed by atoms with van der Waals surface area (Å²) in [6.45, 7) is 5.88. The molecule has 0 saturated carbocycles. The number of para-hydroxylation sites is 1. The van der Waals surface area contributed by atoms with Crippen LogP contribution in [0.5, 0.6) is 0 Å². The maximum absolute atomic E-state index is 13.2. The summed E-state index contributed by atoms with van der Waals surface area (Å²) in [7, 11) is -3.64. The van der Waals surface area contributed by atoms with Crippen LogP contribution < -0.4 is 9.62 Å². The predicted molar refractivity (Wildman–Crippen MR) is 119 cm³/mol. The number of hydrogen-bond donors (Lipinski definition) is 1. The largest absolute Gasteiger partial charge is 0.336 e. The number of nitrogens with zero attached hydrogens (tertiary/aromatic N) is 6. The summed E-state index contributed by atoms with van der Waals surface area (Å²) in [6.07, 6.45) is 0. The second-order valence-electron chi connectivity index (χ2n) is 7.48. The SMILES string of the molecule is CCNS(=O)(=O)c1ccc(C)c(C(=O)N2CCN(c3nnnn3-c3ccccc3)CC2)c1. The quantitative estimate of drug-likeness (QED) is 0.595. The van der Waals surface area contributed by atoms with Crippen LogP contribution in [0.4, 0.5) is 5.95 Å². The van der Waals surface area contributed by atoms with E-state index in [4.69, 9.17) is 0 Å². The molecule has 1 aliphatic rings. The first-order valence-electron chi connectivity index (χ1n) is 10.4. The van der Waals surface area contributed by atoms with Crippen LogP contribution in [-0.2, 0) is 10.0 Å². The Balaban J connectivity index is 1.49. The molecule has 4 rings (SSSR count). The number of sulfonamides is 1. The molecule has 0 aliphatic carbocycles. The van der Waals surface area contributed by atoms with E-state index in [9.17, 15) is 13.2 Å². The van der Waals surface area contributed by atoms with Crippen LogP contribution in [-0.4, -0.2) is 72.2 Å².